The van der Waals surface area contributed by atoms with Crippen LogP contribution in [0.4, 0.5) is 0 Å². The summed E-state index contributed by atoms with van der Waals surface area (Å²) in [5.74, 6) is 0. The van der Waals surface area contributed by atoms with Crippen molar-refractivity contribution in [2.45, 2.75) is 44.7 Å². The average molecular weight is 208 g/mol. The molecule has 0 aromatic carbocycles. The van der Waals surface area contributed by atoms with Crippen molar-refractivity contribution < 1.29 is 25.2 Å². The first kappa shape index (κ1) is 13.8. The summed E-state index contributed by atoms with van der Waals surface area (Å²) in [4.78, 5) is 0. The van der Waals surface area contributed by atoms with Gasteiger partial charge in [-0.05, 0) is 13.8 Å². The van der Waals surface area contributed by atoms with Crippen molar-refractivity contribution in [2.24, 2.45) is 0 Å². The Morgan fingerprint density at radius 3 is 2.14 bits per heavy atom. The van der Waals surface area contributed by atoms with E-state index < -0.39 is 24.4 Å². The zero-order chi connectivity index (χ0) is 11.1. The van der Waals surface area contributed by atoms with E-state index >= 15 is 0 Å². The van der Waals surface area contributed by atoms with Crippen molar-refractivity contribution in [1.29, 1.82) is 0 Å². The van der Waals surface area contributed by atoms with Crippen molar-refractivity contribution in [3.05, 3.63) is 0 Å². The fourth-order valence-electron chi connectivity index (χ4n) is 0.947. The van der Waals surface area contributed by atoms with Crippen LogP contribution in [-0.4, -0.2) is 58.1 Å². The molecule has 14 heavy (non-hydrogen) atoms. The third-order valence-corrected chi connectivity index (χ3v) is 1.87. The van der Waals surface area contributed by atoms with Crippen LogP contribution in [0.5, 0.6) is 0 Å². The van der Waals surface area contributed by atoms with E-state index in [0.29, 0.717) is 0 Å². The second-order valence-electron chi connectivity index (χ2n) is 3.53. The van der Waals surface area contributed by atoms with Gasteiger partial charge in [-0.3, -0.25) is 0 Å². The van der Waals surface area contributed by atoms with Gasteiger partial charge in [-0.15, -0.1) is 0 Å². The molecule has 0 aliphatic heterocycles. The molecular formula is C9H20O5. The first-order valence-corrected chi connectivity index (χ1v) is 4.74. The lowest BCUT2D eigenvalue weighted by Gasteiger charge is -2.21. The second-order valence-corrected chi connectivity index (χ2v) is 3.53. The molecular weight excluding hydrogens is 188 g/mol. The Labute approximate surface area is 83.9 Å². The van der Waals surface area contributed by atoms with Gasteiger partial charge in [0, 0.05) is 6.42 Å². The average Bonchev–Trinajstić information content (AvgIpc) is 2.13. The highest BCUT2D eigenvalue weighted by Gasteiger charge is 2.18. The van der Waals surface area contributed by atoms with Crippen LogP contribution >= 0.6 is 0 Å². The normalized spacial score (nSPS) is 20.1. The highest BCUT2D eigenvalue weighted by molar-refractivity contribution is 4.69. The Morgan fingerprint density at radius 1 is 1.14 bits per heavy atom. The lowest BCUT2D eigenvalue weighted by atomic mass is 10.1. The van der Waals surface area contributed by atoms with Gasteiger partial charge < -0.3 is 25.2 Å². The number of aliphatic hydroxyl groups is 4. The minimum Gasteiger partial charge on any atom is -0.394 e. The van der Waals surface area contributed by atoms with Gasteiger partial charge in [-0.1, -0.05) is 0 Å². The summed E-state index contributed by atoms with van der Waals surface area (Å²) in [6.45, 7) is 3.01. The highest BCUT2D eigenvalue weighted by atomic mass is 16.5. The van der Waals surface area contributed by atoms with Crippen LogP contribution in [0.15, 0.2) is 0 Å². The maximum atomic E-state index is 9.45. The van der Waals surface area contributed by atoms with Crippen molar-refractivity contribution in [3.63, 3.8) is 0 Å². The maximum Gasteiger partial charge on any atom is 0.0824 e. The van der Waals surface area contributed by atoms with Crippen LogP contribution < -0.4 is 0 Å². The molecule has 0 bridgehead atoms. The van der Waals surface area contributed by atoms with Crippen molar-refractivity contribution in [3.8, 4) is 0 Å². The first-order valence-electron chi connectivity index (χ1n) is 4.74. The number of ether oxygens (including phenoxy) is 1. The van der Waals surface area contributed by atoms with Gasteiger partial charge in [0.25, 0.3) is 0 Å². The first-order chi connectivity index (χ1) is 6.47. The molecule has 4 atom stereocenters. The predicted molar refractivity (Wildman–Crippen MR) is 50.8 cm³/mol. The summed E-state index contributed by atoms with van der Waals surface area (Å²) < 4.78 is 5.12. The third-order valence-electron chi connectivity index (χ3n) is 1.87. The van der Waals surface area contributed by atoms with Crippen LogP contribution in [-0.2, 0) is 4.74 Å². The largest absolute Gasteiger partial charge is 0.394 e. The lowest BCUT2D eigenvalue weighted by molar-refractivity contribution is -0.0707. The summed E-state index contributed by atoms with van der Waals surface area (Å²) in [6.07, 6.45) is -2.74. The SMILES string of the molecule is CC(O)COC(C)C(O)CC(O)CO. The Morgan fingerprint density at radius 2 is 1.71 bits per heavy atom. The number of hydrogen-bond acceptors (Lipinski definition) is 5. The Hall–Kier alpha value is -0.200. The second kappa shape index (κ2) is 7.14. The minimum atomic E-state index is -0.928. The monoisotopic (exact) mass is 208 g/mol. The molecule has 0 saturated heterocycles. The Bertz CT molecular complexity index is 139. The van der Waals surface area contributed by atoms with E-state index in [-0.39, 0.29) is 19.6 Å². The molecule has 4 N–H and O–H groups in total. The topological polar surface area (TPSA) is 90.2 Å². The molecule has 0 heterocycles. The quantitative estimate of drug-likeness (QED) is 0.425. The lowest BCUT2D eigenvalue weighted by Crippen LogP contribution is -2.32. The molecule has 86 valence electrons. The molecule has 0 aromatic rings. The van der Waals surface area contributed by atoms with E-state index in [1.54, 1.807) is 13.8 Å². The summed E-state index contributed by atoms with van der Waals surface area (Å²) in [5.41, 5.74) is 0. The van der Waals surface area contributed by atoms with Gasteiger partial charge in [0.15, 0.2) is 0 Å². The number of rotatable bonds is 7. The highest BCUT2D eigenvalue weighted by Crippen LogP contribution is 2.06. The number of hydrogen-bond donors (Lipinski definition) is 4. The summed E-state index contributed by atoms with van der Waals surface area (Å²) in [5, 5.41) is 36.0. The Balaban J connectivity index is 3.69. The van der Waals surface area contributed by atoms with Crippen molar-refractivity contribution >= 4 is 0 Å². The molecule has 5 heteroatoms. The van der Waals surface area contributed by atoms with Gasteiger partial charge >= 0.3 is 0 Å². The Kier molecular flexibility index (Phi) is 7.04. The van der Waals surface area contributed by atoms with Crippen molar-refractivity contribution in [1.82, 2.24) is 0 Å². The number of aliphatic hydroxyl groups excluding tert-OH is 4. The van der Waals surface area contributed by atoms with Crippen molar-refractivity contribution in [2.75, 3.05) is 13.2 Å². The summed E-state index contributed by atoms with van der Waals surface area (Å²) >= 11 is 0. The maximum absolute atomic E-state index is 9.45. The molecule has 0 fully saturated rings. The fourth-order valence-corrected chi connectivity index (χ4v) is 0.947. The van der Waals surface area contributed by atoms with E-state index in [4.69, 9.17) is 20.1 Å². The van der Waals surface area contributed by atoms with Crippen LogP contribution in [0.2, 0.25) is 0 Å². The molecule has 5 nitrogen and oxygen atoms in total. The molecule has 0 amide bonds. The zero-order valence-electron chi connectivity index (χ0n) is 8.63. The predicted octanol–water partition coefficient (Wildman–Crippen LogP) is -1.12. The van der Waals surface area contributed by atoms with E-state index in [1.807, 2.05) is 0 Å². The van der Waals surface area contributed by atoms with Crippen LogP contribution in [0.25, 0.3) is 0 Å². The van der Waals surface area contributed by atoms with Crippen LogP contribution in [0.3, 0.4) is 0 Å². The smallest absolute Gasteiger partial charge is 0.0824 e. The van der Waals surface area contributed by atoms with Gasteiger partial charge in [0.05, 0.1) is 37.6 Å². The molecule has 0 saturated carbocycles. The van der Waals surface area contributed by atoms with E-state index in [2.05, 4.69) is 0 Å². The summed E-state index contributed by atoms with van der Waals surface area (Å²) in [7, 11) is 0. The molecule has 0 aliphatic rings. The van der Waals surface area contributed by atoms with Gasteiger partial charge in [-0.25, -0.2) is 0 Å². The molecule has 0 radical (unpaired) electrons. The molecule has 0 aliphatic carbocycles. The van der Waals surface area contributed by atoms with E-state index in [0.717, 1.165) is 0 Å². The summed E-state index contributed by atoms with van der Waals surface area (Å²) in [6, 6.07) is 0. The van der Waals surface area contributed by atoms with E-state index in [1.165, 1.54) is 0 Å². The zero-order valence-corrected chi connectivity index (χ0v) is 8.63. The van der Waals surface area contributed by atoms with Gasteiger partial charge in [-0.2, -0.15) is 0 Å². The van der Waals surface area contributed by atoms with Crippen LogP contribution in [0, 0.1) is 0 Å². The van der Waals surface area contributed by atoms with Crippen LogP contribution in [0.1, 0.15) is 20.3 Å². The third kappa shape index (κ3) is 6.28. The molecule has 4 unspecified atom stereocenters. The fraction of sp³-hybridized carbons (Fsp3) is 1.00. The minimum absolute atomic E-state index is 0.0669. The van der Waals surface area contributed by atoms with Gasteiger partial charge in [0.1, 0.15) is 0 Å². The van der Waals surface area contributed by atoms with E-state index in [9.17, 15) is 5.11 Å². The molecule has 0 spiro atoms. The molecule has 0 rings (SSSR count). The van der Waals surface area contributed by atoms with Gasteiger partial charge in [0.2, 0.25) is 0 Å². The molecule has 0 aromatic heterocycles. The standard InChI is InChI=1S/C9H20O5/c1-6(11)5-14-7(2)9(13)3-8(12)4-10/h6-13H,3-5H2,1-2H3.